The van der Waals surface area contributed by atoms with Crippen molar-refractivity contribution < 1.29 is 4.79 Å². The largest absolute Gasteiger partial charge is 0.346 e. The van der Waals surface area contributed by atoms with Crippen molar-refractivity contribution in [1.82, 2.24) is 10.3 Å². The molecule has 0 radical (unpaired) electrons. The van der Waals surface area contributed by atoms with Gasteiger partial charge in [-0.2, -0.15) is 0 Å². The van der Waals surface area contributed by atoms with Crippen LogP contribution in [0.4, 0.5) is 0 Å². The lowest BCUT2D eigenvalue weighted by atomic mass is 10.1. The number of nitrogens with one attached hydrogen (secondary N) is 1. The highest BCUT2D eigenvalue weighted by molar-refractivity contribution is 7.18. The Bertz CT molecular complexity index is 754. The SMILES string of the molecule is Cc1cc(C)cc(C(=O)NCc2nc3ccccc3s2)c1. The lowest BCUT2D eigenvalue weighted by Gasteiger charge is -2.05. The van der Waals surface area contributed by atoms with Gasteiger partial charge in [0, 0.05) is 5.56 Å². The van der Waals surface area contributed by atoms with Crippen LogP contribution in [0.1, 0.15) is 26.5 Å². The zero-order chi connectivity index (χ0) is 14.8. The molecule has 0 unspecified atom stereocenters. The number of thiazole rings is 1. The predicted molar refractivity (Wildman–Crippen MR) is 86.7 cm³/mol. The van der Waals surface area contributed by atoms with E-state index < -0.39 is 0 Å². The lowest BCUT2D eigenvalue weighted by molar-refractivity contribution is 0.0950. The second-order valence-corrected chi connectivity index (χ2v) is 6.25. The Balaban J connectivity index is 1.73. The van der Waals surface area contributed by atoms with E-state index in [0.29, 0.717) is 12.1 Å². The highest BCUT2D eigenvalue weighted by atomic mass is 32.1. The third kappa shape index (κ3) is 3.11. The number of amides is 1. The van der Waals surface area contributed by atoms with Gasteiger partial charge in [-0.1, -0.05) is 29.3 Å². The first-order valence-electron chi connectivity index (χ1n) is 6.83. The van der Waals surface area contributed by atoms with Crippen LogP contribution >= 0.6 is 11.3 Å². The Morgan fingerprint density at radius 1 is 1.14 bits per heavy atom. The number of benzene rings is 2. The summed E-state index contributed by atoms with van der Waals surface area (Å²) in [7, 11) is 0. The van der Waals surface area contributed by atoms with Gasteiger partial charge in [-0.05, 0) is 38.1 Å². The second-order valence-electron chi connectivity index (χ2n) is 5.13. The minimum Gasteiger partial charge on any atom is -0.346 e. The molecular formula is C17H16N2OS. The molecule has 0 aliphatic carbocycles. The third-order valence-corrected chi connectivity index (χ3v) is 4.26. The van der Waals surface area contributed by atoms with Crippen molar-refractivity contribution in [3.63, 3.8) is 0 Å². The van der Waals surface area contributed by atoms with Gasteiger partial charge in [0.2, 0.25) is 0 Å². The molecule has 21 heavy (non-hydrogen) atoms. The number of para-hydroxylation sites is 1. The molecule has 0 fully saturated rings. The van der Waals surface area contributed by atoms with Crippen molar-refractivity contribution in [2.45, 2.75) is 20.4 Å². The monoisotopic (exact) mass is 296 g/mol. The van der Waals surface area contributed by atoms with E-state index in [1.165, 1.54) is 0 Å². The maximum Gasteiger partial charge on any atom is 0.251 e. The van der Waals surface area contributed by atoms with E-state index in [1.807, 2.05) is 50.2 Å². The molecule has 0 saturated carbocycles. The average Bonchev–Trinajstić information content (AvgIpc) is 2.86. The summed E-state index contributed by atoms with van der Waals surface area (Å²) in [6.45, 7) is 4.46. The number of carbonyl (C=O) groups is 1. The van der Waals surface area contributed by atoms with E-state index in [9.17, 15) is 4.79 Å². The summed E-state index contributed by atoms with van der Waals surface area (Å²) >= 11 is 1.61. The van der Waals surface area contributed by atoms with Gasteiger partial charge in [0.1, 0.15) is 5.01 Å². The molecule has 2 aromatic carbocycles. The molecule has 4 heteroatoms. The summed E-state index contributed by atoms with van der Waals surface area (Å²) in [4.78, 5) is 16.7. The fraction of sp³-hybridized carbons (Fsp3) is 0.176. The van der Waals surface area contributed by atoms with E-state index in [0.717, 1.165) is 26.4 Å². The van der Waals surface area contributed by atoms with Crippen LogP contribution in [0.2, 0.25) is 0 Å². The van der Waals surface area contributed by atoms with Crippen molar-refractivity contribution in [3.8, 4) is 0 Å². The first kappa shape index (κ1) is 13.8. The molecule has 0 saturated heterocycles. The van der Waals surface area contributed by atoms with Crippen LogP contribution in [0.3, 0.4) is 0 Å². The Morgan fingerprint density at radius 3 is 2.57 bits per heavy atom. The normalized spacial score (nSPS) is 10.8. The van der Waals surface area contributed by atoms with Crippen LogP contribution in [0.15, 0.2) is 42.5 Å². The molecule has 0 bridgehead atoms. The molecule has 3 rings (SSSR count). The van der Waals surface area contributed by atoms with Gasteiger partial charge >= 0.3 is 0 Å². The maximum absolute atomic E-state index is 12.2. The second kappa shape index (κ2) is 5.66. The van der Waals surface area contributed by atoms with Crippen molar-refractivity contribution in [2.24, 2.45) is 0 Å². The summed E-state index contributed by atoms with van der Waals surface area (Å²) in [5.41, 5.74) is 3.88. The minimum atomic E-state index is -0.0546. The molecule has 0 spiro atoms. The number of hydrogen-bond acceptors (Lipinski definition) is 3. The van der Waals surface area contributed by atoms with Crippen LogP contribution in [0.5, 0.6) is 0 Å². The van der Waals surface area contributed by atoms with Crippen molar-refractivity contribution in [2.75, 3.05) is 0 Å². The highest BCUT2D eigenvalue weighted by Gasteiger charge is 2.08. The molecule has 106 valence electrons. The number of hydrogen-bond donors (Lipinski definition) is 1. The van der Waals surface area contributed by atoms with E-state index in [1.54, 1.807) is 11.3 Å². The number of aryl methyl sites for hydroxylation is 2. The molecule has 3 nitrogen and oxygen atoms in total. The van der Waals surface area contributed by atoms with Crippen LogP contribution in [-0.4, -0.2) is 10.9 Å². The van der Waals surface area contributed by atoms with E-state index in [-0.39, 0.29) is 5.91 Å². The van der Waals surface area contributed by atoms with Gasteiger partial charge in [0.25, 0.3) is 5.91 Å². The van der Waals surface area contributed by atoms with Gasteiger partial charge in [-0.25, -0.2) is 4.98 Å². The van der Waals surface area contributed by atoms with Crippen molar-refractivity contribution in [3.05, 3.63) is 64.2 Å². The quantitative estimate of drug-likeness (QED) is 0.798. The van der Waals surface area contributed by atoms with E-state index in [2.05, 4.69) is 16.4 Å². The molecule has 3 aromatic rings. The smallest absolute Gasteiger partial charge is 0.251 e. The molecular weight excluding hydrogens is 280 g/mol. The standard InChI is InChI=1S/C17H16N2OS/c1-11-7-12(2)9-13(8-11)17(20)18-10-16-19-14-5-3-4-6-15(14)21-16/h3-9H,10H2,1-2H3,(H,18,20). The number of aromatic nitrogens is 1. The van der Waals surface area contributed by atoms with Crippen LogP contribution < -0.4 is 5.32 Å². The zero-order valence-corrected chi connectivity index (χ0v) is 12.8. The molecule has 1 heterocycles. The van der Waals surface area contributed by atoms with Gasteiger partial charge in [0.15, 0.2) is 0 Å². The summed E-state index contributed by atoms with van der Waals surface area (Å²) in [5, 5.41) is 3.86. The molecule has 0 aliphatic heterocycles. The average molecular weight is 296 g/mol. The number of fused-ring (bicyclic) bond motifs is 1. The van der Waals surface area contributed by atoms with Crippen LogP contribution in [0, 0.1) is 13.8 Å². The Morgan fingerprint density at radius 2 is 1.86 bits per heavy atom. The number of carbonyl (C=O) groups excluding carboxylic acids is 1. The van der Waals surface area contributed by atoms with Gasteiger partial charge in [-0.3, -0.25) is 4.79 Å². The molecule has 0 aliphatic rings. The Labute approximate surface area is 127 Å². The van der Waals surface area contributed by atoms with Gasteiger partial charge in [-0.15, -0.1) is 11.3 Å². The summed E-state index contributed by atoms with van der Waals surface area (Å²) in [6, 6.07) is 13.9. The lowest BCUT2D eigenvalue weighted by Crippen LogP contribution is -2.22. The maximum atomic E-state index is 12.2. The fourth-order valence-electron chi connectivity index (χ4n) is 2.36. The topological polar surface area (TPSA) is 42.0 Å². The Kier molecular flexibility index (Phi) is 3.71. The number of rotatable bonds is 3. The zero-order valence-electron chi connectivity index (χ0n) is 12.0. The van der Waals surface area contributed by atoms with Crippen molar-refractivity contribution >= 4 is 27.5 Å². The fourth-order valence-corrected chi connectivity index (χ4v) is 3.27. The van der Waals surface area contributed by atoms with Crippen LogP contribution in [0.25, 0.3) is 10.2 Å². The van der Waals surface area contributed by atoms with Crippen LogP contribution in [-0.2, 0) is 6.54 Å². The first-order valence-corrected chi connectivity index (χ1v) is 7.64. The minimum absolute atomic E-state index is 0.0546. The summed E-state index contributed by atoms with van der Waals surface area (Å²) in [6.07, 6.45) is 0. The molecule has 1 aromatic heterocycles. The van der Waals surface area contributed by atoms with E-state index in [4.69, 9.17) is 0 Å². The predicted octanol–water partition coefficient (Wildman–Crippen LogP) is 3.84. The molecule has 1 amide bonds. The third-order valence-electron chi connectivity index (χ3n) is 3.22. The molecule has 1 N–H and O–H groups in total. The number of nitrogens with zero attached hydrogens (tertiary/aromatic N) is 1. The van der Waals surface area contributed by atoms with Crippen molar-refractivity contribution in [1.29, 1.82) is 0 Å². The van der Waals surface area contributed by atoms with Gasteiger partial charge in [0.05, 0.1) is 16.8 Å². The Hall–Kier alpha value is -2.20. The molecule has 0 atom stereocenters. The first-order chi connectivity index (χ1) is 10.1. The summed E-state index contributed by atoms with van der Waals surface area (Å²) < 4.78 is 1.15. The highest BCUT2D eigenvalue weighted by Crippen LogP contribution is 2.21. The van der Waals surface area contributed by atoms with E-state index >= 15 is 0 Å². The van der Waals surface area contributed by atoms with Gasteiger partial charge < -0.3 is 5.32 Å². The summed E-state index contributed by atoms with van der Waals surface area (Å²) in [5.74, 6) is -0.0546.